The normalized spacial score (nSPS) is 19.6. The maximum atomic E-state index is 13.0. The predicted molar refractivity (Wildman–Crippen MR) is 131 cm³/mol. The topological polar surface area (TPSA) is 113 Å². The zero-order valence-electron chi connectivity index (χ0n) is 19.1. The van der Waals surface area contributed by atoms with Crippen LogP contribution in [0.25, 0.3) is 0 Å². The summed E-state index contributed by atoms with van der Waals surface area (Å²) >= 11 is 5.86. The van der Waals surface area contributed by atoms with E-state index in [4.69, 9.17) is 16.3 Å². The monoisotopic (exact) mass is 541 g/mol. The van der Waals surface area contributed by atoms with Gasteiger partial charge in [0.05, 0.1) is 16.3 Å². The molecule has 1 amide bonds. The molecule has 2 aliphatic heterocycles. The summed E-state index contributed by atoms with van der Waals surface area (Å²) < 4.78 is 59.5. The minimum atomic E-state index is -3.82. The van der Waals surface area contributed by atoms with E-state index in [1.807, 2.05) is 0 Å². The number of halogens is 1. The van der Waals surface area contributed by atoms with Crippen molar-refractivity contribution >= 4 is 37.6 Å². The molecule has 2 saturated heterocycles. The number of rotatable bonds is 9. The van der Waals surface area contributed by atoms with Crippen molar-refractivity contribution in [2.45, 2.75) is 41.5 Å². The summed E-state index contributed by atoms with van der Waals surface area (Å²) in [5, 5.41) is 3.17. The Bertz CT molecular complexity index is 1250. The molecule has 2 aromatic carbocycles. The summed E-state index contributed by atoms with van der Waals surface area (Å²) in [4.78, 5) is 13.0. The SMILES string of the molecule is O=C(NCCOc1ccc(S(=O)(=O)N2CCCC2)cc1)[C@H]1CCCN1S(=O)(=O)c1ccc(Cl)cc1. The van der Waals surface area contributed by atoms with E-state index in [-0.39, 0.29) is 35.4 Å². The standard InChI is InChI=1S/C23H28ClN3O6S2/c24-18-5-9-21(10-6-18)35(31,32)27-16-3-4-22(27)23(28)25-13-17-33-19-7-11-20(12-8-19)34(29,30)26-14-1-2-15-26/h5-12,22H,1-4,13-17H2,(H,25,28)/t22-/m1/s1. The van der Waals surface area contributed by atoms with Gasteiger partial charge in [-0.15, -0.1) is 0 Å². The van der Waals surface area contributed by atoms with Crippen LogP contribution in [0.15, 0.2) is 58.3 Å². The van der Waals surface area contributed by atoms with E-state index in [1.54, 1.807) is 12.1 Å². The Kier molecular flexibility index (Phi) is 8.02. The van der Waals surface area contributed by atoms with Crippen molar-refractivity contribution in [3.8, 4) is 5.75 Å². The summed E-state index contributed by atoms with van der Waals surface area (Å²) in [6.45, 7) is 1.68. The maximum Gasteiger partial charge on any atom is 0.243 e. The number of hydrogen-bond donors (Lipinski definition) is 1. The van der Waals surface area contributed by atoms with E-state index in [2.05, 4.69) is 5.32 Å². The van der Waals surface area contributed by atoms with E-state index < -0.39 is 26.1 Å². The molecule has 12 heteroatoms. The van der Waals surface area contributed by atoms with Crippen LogP contribution in [0.1, 0.15) is 25.7 Å². The second kappa shape index (κ2) is 10.8. The number of nitrogens with zero attached hydrogens (tertiary/aromatic N) is 2. The van der Waals surface area contributed by atoms with Gasteiger partial charge in [0, 0.05) is 24.7 Å². The first-order chi connectivity index (χ1) is 16.7. The molecule has 0 radical (unpaired) electrons. The van der Waals surface area contributed by atoms with Gasteiger partial charge in [-0.3, -0.25) is 4.79 Å². The van der Waals surface area contributed by atoms with Crippen LogP contribution in [0.2, 0.25) is 5.02 Å². The zero-order chi connectivity index (χ0) is 25.1. The first-order valence-corrected chi connectivity index (χ1v) is 14.7. The fourth-order valence-electron chi connectivity index (χ4n) is 4.28. The highest BCUT2D eigenvalue weighted by Crippen LogP contribution is 2.27. The summed E-state index contributed by atoms with van der Waals surface area (Å²) in [7, 11) is -7.30. The summed E-state index contributed by atoms with van der Waals surface area (Å²) in [5.74, 6) is 0.100. The zero-order valence-corrected chi connectivity index (χ0v) is 21.5. The predicted octanol–water partition coefficient (Wildman–Crippen LogP) is 2.47. The molecular weight excluding hydrogens is 514 g/mol. The number of hydrogen-bond acceptors (Lipinski definition) is 6. The van der Waals surface area contributed by atoms with Gasteiger partial charge in [0.2, 0.25) is 26.0 Å². The van der Waals surface area contributed by atoms with E-state index >= 15 is 0 Å². The molecule has 2 heterocycles. The van der Waals surface area contributed by atoms with Crippen molar-refractivity contribution in [3.05, 3.63) is 53.6 Å². The molecule has 0 spiro atoms. The number of amides is 1. The van der Waals surface area contributed by atoms with E-state index in [1.165, 1.54) is 45.0 Å². The molecule has 0 bridgehead atoms. The van der Waals surface area contributed by atoms with Crippen molar-refractivity contribution in [1.29, 1.82) is 0 Å². The Morgan fingerprint density at radius 2 is 1.49 bits per heavy atom. The van der Waals surface area contributed by atoms with Gasteiger partial charge in [-0.05, 0) is 74.2 Å². The lowest BCUT2D eigenvalue weighted by Gasteiger charge is -2.23. The van der Waals surface area contributed by atoms with Crippen LogP contribution in [0.3, 0.4) is 0 Å². The fraction of sp³-hybridized carbons (Fsp3) is 0.435. The van der Waals surface area contributed by atoms with Gasteiger partial charge in [-0.2, -0.15) is 8.61 Å². The molecule has 35 heavy (non-hydrogen) atoms. The first-order valence-electron chi connectivity index (χ1n) is 11.5. The molecular formula is C23H28ClN3O6S2. The van der Waals surface area contributed by atoms with Gasteiger partial charge in [-0.1, -0.05) is 11.6 Å². The van der Waals surface area contributed by atoms with Crippen LogP contribution in [0, 0.1) is 0 Å². The van der Waals surface area contributed by atoms with Gasteiger partial charge in [0.15, 0.2) is 0 Å². The van der Waals surface area contributed by atoms with Crippen molar-refractivity contribution in [2.75, 3.05) is 32.8 Å². The Morgan fingerprint density at radius 3 is 2.14 bits per heavy atom. The minimum Gasteiger partial charge on any atom is -0.492 e. The highest BCUT2D eigenvalue weighted by Gasteiger charge is 2.39. The molecule has 2 fully saturated rings. The van der Waals surface area contributed by atoms with Crippen LogP contribution in [0.5, 0.6) is 5.75 Å². The fourth-order valence-corrected chi connectivity index (χ4v) is 7.58. The van der Waals surface area contributed by atoms with Crippen molar-refractivity contribution in [1.82, 2.24) is 13.9 Å². The molecule has 2 aliphatic rings. The molecule has 1 atom stereocenters. The molecule has 2 aromatic rings. The first kappa shape index (κ1) is 25.9. The smallest absolute Gasteiger partial charge is 0.243 e. The molecule has 0 unspecified atom stereocenters. The Labute approximate surface area is 211 Å². The van der Waals surface area contributed by atoms with Crippen LogP contribution in [-0.2, 0) is 24.8 Å². The van der Waals surface area contributed by atoms with Crippen LogP contribution < -0.4 is 10.1 Å². The van der Waals surface area contributed by atoms with Gasteiger partial charge >= 0.3 is 0 Å². The Hall–Kier alpha value is -2.18. The summed E-state index contributed by atoms with van der Waals surface area (Å²) in [6.07, 6.45) is 2.77. The van der Waals surface area contributed by atoms with Crippen molar-refractivity contribution in [3.63, 3.8) is 0 Å². The number of carbonyl (C=O) groups is 1. The number of sulfonamides is 2. The number of ether oxygens (including phenoxy) is 1. The number of benzene rings is 2. The van der Waals surface area contributed by atoms with E-state index in [0.717, 1.165) is 12.8 Å². The van der Waals surface area contributed by atoms with Gasteiger partial charge < -0.3 is 10.1 Å². The van der Waals surface area contributed by atoms with Crippen LogP contribution in [-0.4, -0.2) is 70.2 Å². The van der Waals surface area contributed by atoms with E-state index in [0.29, 0.717) is 36.7 Å². The summed E-state index contributed by atoms with van der Waals surface area (Å²) in [5.41, 5.74) is 0. The highest BCUT2D eigenvalue weighted by atomic mass is 35.5. The van der Waals surface area contributed by atoms with Gasteiger partial charge in [0.1, 0.15) is 18.4 Å². The molecule has 1 N–H and O–H groups in total. The van der Waals surface area contributed by atoms with Crippen molar-refractivity contribution < 1.29 is 26.4 Å². The average Bonchev–Trinajstić information content (AvgIpc) is 3.56. The van der Waals surface area contributed by atoms with Gasteiger partial charge in [-0.25, -0.2) is 16.8 Å². The van der Waals surface area contributed by atoms with E-state index in [9.17, 15) is 21.6 Å². The second-order valence-corrected chi connectivity index (χ2v) is 12.7. The molecule has 9 nitrogen and oxygen atoms in total. The molecule has 4 rings (SSSR count). The maximum absolute atomic E-state index is 13.0. The molecule has 0 saturated carbocycles. The Morgan fingerprint density at radius 1 is 0.886 bits per heavy atom. The third-order valence-electron chi connectivity index (χ3n) is 6.12. The quantitative estimate of drug-likeness (QED) is 0.488. The lowest BCUT2D eigenvalue weighted by molar-refractivity contribution is -0.124. The van der Waals surface area contributed by atoms with Crippen molar-refractivity contribution in [2.24, 2.45) is 0 Å². The molecule has 0 aromatic heterocycles. The van der Waals surface area contributed by atoms with Gasteiger partial charge in [0.25, 0.3) is 0 Å². The molecule has 190 valence electrons. The molecule has 0 aliphatic carbocycles. The third kappa shape index (κ3) is 5.80. The largest absolute Gasteiger partial charge is 0.492 e. The second-order valence-electron chi connectivity index (χ2n) is 8.45. The average molecular weight is 542 g/mol. The lowest BCUT2D eigenvalue weighted by Crippen LogP contribution is -2.46. The number of carbonyl (C=O) groups excluding carboxylic acids is 1. The Balaban J connectivity index is 1.28. The minimum absolute atomic E-state index is 0.0973. The third-order valence-corrected chi connectivity index (χ3v) is 10.2. The lowest BCUT2D eigenvalue weighted by atomic mass is 10.2. The number of nitrogens with one attached hydrogen (secondary N) is 1. The van der Waals surface area contributed by atoms with Crippen LogP contribution in [0.4, 0.5) is 0 Å². The highest BCUT2D eigenvalue weighted by molar-refractivity contribution is 7.89. The van der Waals surface area contributed by atoms with Crippen LogP contribution >= 0.6 is 11.6 Å². The summed E-state index contributed by atoms with van der Waals surface area (Å²) in [6, 6.07) is 11.3.